The van der Waals surface area contributed by atoms with Gasteiger partial charge in [-0.1, -0.05) is 42.5 Å². The summed E-state index contributed by atoms with van der Waals surface area (Å²) in [5.41, 5.74) is 4.73. The molecule has 4 nitrogen and oxygen atoms in total. The lowest BCUT2D eigenvalue weighted by Gasteiger charge is -2.00. The van der Waals surface area contributed by atoms with Crippen LogP contribution in [0, 0.1) is 0 Å². The van der Waals surface area contributed by atoms with E-state index >= 15 is 0 Å². The first-order valence-electron chi connectivity index (χ1n) is 6.10. The van der Waals surface area contributed by atoms with Gasteiger partial charge in [-0.15, -0.1) is 0 Å². The predicted molar refractivity (Wildman–Crippen MR) is 81.0 cm³/mol. The van der Waals surface area contributed by atoms with Crippen molar-refractivity contribution in [1.82, 2.24) is 0 Å². The van der Waals surface area contributed by atoms with Gasteiger partial charge in [0.2, 0.25) is 0 Å². The van der Waals surface area contributed by atoms with Gasteiger partial charge in [0, 0.05) is 6.21 Å². The van der Waals surface area contributed by atoms with Crippen molar-refractivity contribution < 1.29 is 9.90 Å². The first-order chi connectivity index (χ1) is 9.75. The fourth-order valence-corrected chi connectivity index (χ4v) is 1.59. The van der Waals surface area contributed by atoms with Crippen molar-refractivity contribution in [3.63, 3.8) is 0 Å². The van der Waals surface area contributed by atoms with Crippen molar-refractivity contribution >= 4 is 23.9 Å². The lowest BCUT2D eigenvalue weighted by molar-refractivity contribution is 0.0697. The van der Waals surface area contributed by atoms with E-state index in [2.05, 4.69) is 10.5 Å². The number of allylic oxidation sites excluding steroid dienone is 1. The second kappa shape index (κ2) is 6.89. The number of benzene rings is 2. The number of hydrogen-bond acceptors (Lipinski definition) is 3. The fraction of sp³-hybridized carbons (Fsp3) is 0. The maximum atomic E-state index is 10.8. The zero-order valence-corrected chi connectivity index (χ0v) is 10.7. The number of carbonyl (C=O) groups is 1. The van der Waals surface area contributed by atoms with Crippen molar-refractivity contribution in [3.8, 4) is 0 Å². The smallest absolute Gasteiger partial charge is 0.335 e. The van der Waals surface area contributed by atoms with Crippen LogP contribution >= 0.6 is 0 Å². The fourth-order valence-electron chi connectivity index (χ4n) is 1.59. The van der Waals surface area contributed by atoms with E-state index in [1.54, 1.807) is 18.3 Å². The lowest BCUT2D eigenvalue weighted by atomic mass is 10.2. The van der Waals surface area contributed by atoms with Crippen LogP contribution in [-0.2, 0) is 0 Å². The summed E-state index contributed by atoms with van der Waals surface area (Å²) in [5, 5.41) is 12.9. The number of rotatable bonds is 5. The SMILES string of the molecule is O=C(O)c1cccc(N/N=C/C=C/c2ccccc2)c1. The van der Waals surface area contributed by atoms with Gasteiger partial charge >= 0.3 is 5.97 Å². The number of hydrogen-bond donors (Lipinski definition) is 2. The summed E-state index contributed by atoms with van der Waals surface area (Å²) in [6.45, 7) is 0. The van der Waals surface area contributed by atoms with Gasteiger partial charge in [0.05, 0.1) is 11.3 Å². The van der Waals surface area contributed by atoms with E-state index in [4.69, 9.17) is 5.11 Å². The topological polar surface area (TPSA) is 61.7 Å². The standard InChI is InChI=1S/C16H14N2O2/c19-16(20)14-9-4-10-15(12-14)18-17-11-5-8-13-6-2-1-3-7-13/h1-12,18H,(H,19,20)/b8-5+,17-11+. The van der Waals surface area contributed by atoms with Gasteiger partial charge in [-0.2, -0.15) is 5.10 Å². The van der Waals surface area contributed by atoms with Gasteiger partial charge in [0.25, 0.3) is 0 Å². The molecular formula is C16H14N2O2. The van der Waals surface area contributed by atoms with E-state index in [9.17, 15) is 4.79 Å². The van der Waals surface area contributed by atoms with Crippen LogP contribution in [-0.4, -0.2) is 17.3 Å². The molecule has 2 N–H and O–H groups in total. The van der Waals surface area contributed by atoms with E-state index in [-0.39, 0.29) is 5.56 Å². The third-order valence-electron chi connectivity index (χ3n) is 2.55. The molecule has 0 unspecified atom stereocenters. The third-order valence-corrected chi connectivity index (χ3v) is 2.55. The molecule has 0 radical (unpaired) electrons. The highest BCUT2D eigenvalue weighted by atomic mass is 16.4. The van der Waals surface area contributed by atoms with E-state index in [0.717, 1.165) is 5.56 Å². The Morgan fingerprint density at radius 3 is 2.65 bits per heavy atom. The Labute approximate surface area is 117 Å². The number of anilines is 1. The molecule has 0 atom stereocenters. The molecule has 0 heterocycles. The van der Waals surface area contributed by atoms with Crippen LogP contribution in [0.25, 0.3) is 6.08 Å². The summed E-state index contributed by atoms with van der Waals surface area (Å²) in [6.07, 6.45) is 5.35. The second-order valence-electron chi connectivity index (χ2n) is 4.05. The maximum Gasteiger partial charge on any atom is 0.335 e. The van der Waals surface area contributed by atoms with Crippen LogP contribution in [0.2, 0.25) is 0 Å². The van der Waals surface area contributed by atoms with Gasteiger partial charge < -0.3 is 5.11 Å². The van der Waals surface area contributed by atoms with Crippen LogP contribution in [0.1, 0.15) is 15.9 Å². The van der Waals surface area contributed by atoms with Crippen molar-refractivity contribution in [1.29, 1.82) is 0 Å². The van der Waals surface area contributed by atoms with Gasteiger partial charge in [-0.05, 0) is 29.8 Å². The molecule has 0 saturated carbocycles. The minimum atomic E-state index is -0.957. The number of aromatic carboxylic acids is 1. The zero-order chi connectivity index (χ0) is 14.2. The summed E-state index contributed by atoms with van der Waals surface area (Å²) < 4.78 is 0. The summed E-state index contributed by atoms with van der Waals surface area (Å²) in [5.74, 6) is -0.957. The summed E-state index contributed by atoms with van der Waals surface area (Å²) in [6, 6.07) is 16.4. The molecule has 0 aliphatic rings. The molecule has 0 aliphatic carbocycles. The number of nitrogens with zero attached hydrogens (tertiary/aromatic N) is 1. The average molecular weight is 266 g/mol. The van der Waals surface area contributed by atoms with Crippen molar-refractivity contribution in [2.45, 2.75) is 0 Å². The highest BCUT2D eigenvalue weighted by Crippen LogP contribution is 2.10. The largest absolute Gasteiger partial charge is 0.478 e. The molecule has 0 fully saturated rings. The molecule has 0 amide bonds. The molecular weight excluding hydrogens is 252 g/mol. The van der Waals surface area contributed by atoms with Crippen molar-refractivity contribution in [2.75, 3.05) is 5.43 Å². The van der Waals surface area contributed by atoms with Gasteiger partial charge in [0.15, 0.2) is 0 Å². The quantitative estimate of drug-likeness (QED) is 0.643. The van der Waals surface area contributed by atoms with Crippen molar-refractivity contribution in [2.24, 2.45) is 5.10 Å². The monoisotopic (exact) mass is 266 g/mol. The molecule has 20 heavy (non-hydrogen) atoms. The van der Waals surface area contributed by atoms with E-state index < -0.39 is 5.97 Å². The molecule has 2 rings (SSSR count). The molecule has 2 aromatic rings. The Morgan fingerprint density at radius 2 is 1.90 bits per heavy atom. The predicted octanol–water partition coefficient (Wildman–Crippen LogP) is 3.50. The number of hydrazone groups is 1. The number of carboxylic acids is 1. The van der Waals surface area contributed by atoms with Crippen LogP contribution in [0.3, 0.4) is 0 Å². The molecule has 2 aromatic carbocycles. The van der Waals surface area contributed by atoms with Gasteiger partial charge in [-0.25, -0.2) is 4.79 Å². The molecule has 0 spiro atoms. The van der Waals surface area contributed by atoms with Gasteiger partial charge in [-0.3, -0.25) is 5.43 Å². The lowest BCUT2D eigenvalue weighted by Crippen LogP contribution is -1.97. The molecule has 0 bridgehead atoms. The van der Waals surface area contributed by atoms with E-state index in [1.165, 1.54) is 12.1 Å². The Morgan fingerprint density at radius 1 is 1.10 bits per heavy atom. The van der Waals surface area contributed by atoms with Crippen LogP contribution in [0.5, 0.6) is 0 Å². The summed E-state index contributed by atoms with van der Waals surface area (Å²) >= 11 is 0. The minimum Gasteiger partial charge on any atom is -0.478 e. The van der Waals surface area contributed by atoms with Crippen LogP contribution in [0.15, 0.2) is 65.8 Å². The summed E-state index contributed by atoms with van der Waals surface area (Å²) in [4.78, 5) is 10.8. The molecule has 0 aromatic heterocycles. The first-order valence-corrected chi connectivity index (χ1v) is 6.10. The second-order valence-corrected chi connectivity index (χ2v) is 4.05. The third kappa shape index (κ3) is 4.10. The van der Waals surface area contributed by atoms with E-state index in [0.29, 0.717) is 5.69 Å². The minimum absolute atomic E-state index is 0.227. The van der Waals surface area contributed by atoms with Gasteiger partial charge in [0.1, 0.15) is 0 Å². The number of carboxylic acid groups (broad SMARTS) is 1. The molecule has 0 aliphatic heterocycles. The molecule has 0 saturated heterocycles. The van der Waals surface area contributed by atoms with Crippen LogP contribution < -0.4 is 5.43 Å². The molecule has 4 heteroatoms. The Balaban J connectivity index is 1.92. The zero-order valence-electron chi connectivity index (χ0n) is 10.7. The Bertz CT molecular complexity index is 634. The average Bonchev–Trinajstić information content (AvgIpc) is 2.48. The van der Waals surface area contributed by atoms with Crippen molar-refractivity contribution in [3.05, 3.63) is 71.8 Å². The maximum absolute atomic E-state index is 10.8. The number of nitrogens with one attached hydrogen (secondary N) is 1. The normalized spacial score (nSPS) is 11.0. The highest BCUT2D eigenvalue weighted by molar-refractivity contribution is 5.88. The van der Waals surface area contributed by atoms with Crippen LogP contribution in [0.4, 0.5) is 5.69 Å². The highest BCUT2D eigenvalue weighted by Gasteiger charge is 2.01. The summed E-state index contributed by atoms with van der Waals surface area (Å²) in [7, 11) is 0. The first kappa shape index (κ1) is 13.5. The molecule has 100 valence electrons. The Kier molecular flexibility index (Phi) is 4.67. The van der Waals surface area contributed by atoms with E-state index in [1.807, 2.05) is 42.5 Å². The Hall–Kier alpha value is -2.88.